The average Bonchev–Trinajstić information content (AvgIpc) is 2.53. The van der Waals surface area contributed by atoms with E-state index in [1.54, 1.807) is 18.2 Å². The van der Waals surface area contributed by atoms with Gasteiger partial charge in [-0.25, -0.2) is 4.79 Å². The molecule has 1 N–H and O–H groups in total. The largest absolute Gasteiger partial charge is 0.492 e. The lowest BCUT2D eigenvalue weighted by molar-refractivity contribution is -0.130. The Balaban J connectivity index is 2.21. The number of hydrogen-bond acceptors (Lipinski definition) is 3. The second kappa shape index (κ2) is 8.15. The van der Waals surface area contributed by atoms with Crippen LogP contribution in [0.5, 0.6) is 5.75 Å². The zero-order chi connectivity index (χ0) is 16.7. The predicted octanol–water partition coefficient (Wildman–Crippen LogP) is 3.25. The summed E-state index contributed by atoms with van der Waals surface area (Å²) in [6.45, 7) is 1.41. The first-order valence-corrected chi connectivity index (χ1v) is 7.44. The lowest BCUT2D eigenvalue weighted by Crippen LogP contribution is -2.19. The van der Waals surface area contributed by atoms with Crippen molar-refractivity contribution in [3.8, 4) is 5.75 Å². The Labute approximate surface area is 136 Å². The molecule has 0 saturated heterocycles. The van der Waals surface area contributed by atoms with Gasteiger partial charge >= 0.3 is 5.97 Å². The lowest BCUT2D eigenvalue weighted by Gasteiger charge is -2.11. The molecule has 0 unspecified atom stereocenters. The first kappa shape index (κ1) is 16.8. The predicted molar refractivity (Wildman–Crippen MR) is 92.4 cm³/mol. The maximum atomic E-state index is 11.5. The third-order valence-electron chi connectivity index (χ3n) is 3.29. The van der Waals surface area contributed by atoms with E-state index in [1.807, 2.05) is 61.5 Å². The molecule has 0 aromatic heterocycles. The van der Waals surface area contributed by atoms with Crippen molar-refractivity contribution >= 4 is 17.6 Å². The van der Waals surface area contributed by atoms with Crippen LogP contribution >= 0.6 is 0 Å². The molecule has 2 aromatic carbocycles. The third-order valence-corrected chi connectivity index (χ3v) is 3.29. The number of aliphatic carboxylic acids is 1. The van der Waals surface area contributed by atoms with E-state index >= 15 is 0 Å². The number of ether oxygens (including phenoxy) is 1. The smallest absolute Gasteiger partial charge is 0.336 e. The quantitative estimate of drug-likeness (QED) is 0.630. The van der Waals surface area contributed by atoms with Gasteiger partial charge in [0, 0.05) is 6.54 Å². The van der Waals surface area contributed by atoms with Crippen LogP contribution in [0.25, 0.3) is 11.6 Å². The monoisotopic (exact) mass is 311 g/mol. The normalized spacial score (nSPS) is 11.5. The molecule has 0 fully saturated rings. The van der Waals surface area contributed by atoms with Gasteiger partial charge in [-0.1, -0.05) is 42.5 Å². The Bertz CT molecular complexity index is 678. The lowest BCUT2D eigenvalue weighted by atomic mass is 10.0. The van der Waals surface area contributed by atoms with E-state index in [4.69, 9.17) is 4.74 Å². The van der Waals surface area contributed by atoms with E-state index < -0.39 is 5.97 Å². The molecule has 0 bridgehead atoms. The van der Waals surface area contributed by atoms with Crippen LogP contribution in [0.3, 0.4) is 0 Å². The van der Waals surface area contributed by atoms with E-state index in [-0.39, 0.29) is 5.57 Å². The summed E-state index contributed by atoms with van der Waals surface area (Å²) in [7, 11) is 3.98. The maximum Gasteiger partial charge on any atom is 0.336 e. The fraction of sp³-hybridized carbons (Fsp3) is 0.211. The minimum atomic E-state index is -0.949. The van der Waals surface area contributed by atoms with E-state index in [0.717, 1.165) is 17.9 Å². The summed E-state index contributed by atoms with van der Waals surface area (Å²) in [4.78, 5) is 13.6. The summed E-state index contributed by atoms with van der Waals surface area (Å²) in [5, 5.41) is 9.45. The highest BCUT2D eigenvalue weighted by molar-refractivity contribution is 6.20. The maximum absolute atomic E-state index is 11.5. The molecule has 0 amide bonds. The fourth-order valence-electron chi connectivity index (χ4n) is 2.09. The van der Waals surface area contributed by atoms with Crippen LogP contribution in [0.2, 0.25) is 0 Å². The standard InChI is InChI=1S/C19H21NO3/c1-20(2)11-12-23-17-10-6-7-15(13-17)14-18(19(21)22)16-8-4-3-5-9-16/h3-10,13-14H,11-12H2,1-2H3,(H,21,22)/b18-14-. The van der Waals surface area contributed by atoms with Gasteiger partial charge in [-0.05, 0) is 43.4 Å². The van der Waals surface area contributed by atoms with Crippen LogP contribution in [0.4, 0.5) is 0 Å². The van der Waals surface area contributed by atoms with Gasteiger partial charge in [-0.2, -0.15) is 0 Å². The number of carbonyl (C=O) groups is 1. The van der Waals surface area contributed by atoms with Gasteiger partial charge in [0.05, 0.1) is 5.57 Å². The van der Waals surface area contributed by atoms with Gasteiger partial charge in [0.25, 0.3) is 0 Å². The number of hydrogen-bond donors (Lipinski definition) is 1. The zero-order valence-electron chi connectivity index (χ0n) is 13.4. The summed E-state index contributed by atoms with van der Waals surface area (Å²) >= 11 is 0. The van der Waals surface area contributed by atoms with Crippen molar-refractivity contribution in [2.75, 3.05) is 27.2 Å². The van der Waals surface area contributed by atoms with E-state index in [9.17, 15) is 9.90 Å². The molecule has 0 aliphatic heterocycles. The third kappa shape index (κ3) is 5.27. The van der Waals surface area contributed by atoms with Crippen LogP contribution in [-0.2, 0) is 4.79 Å². The molecular formula is C19H21NO3. The minimum Gasteiger partial charge on any atom is -0.492 e. The molecule has 0 spiro atoms. The first-order valence-electron chi connectivity index (χ1n) is 7.44. The highest BCUT2D eigenvalue weighted by Gasteiger charge is 2.10. The van der Waals surface area contributed by atoms with Crippen LogP contribution in [-0.4, -0.2) is 43.2 Å². The number of likely N-dealkylation sites (N-methyl/N-ethyl adjacent to an activating group) is 1. The van der Waals surface area contributed by atoms with Crippen LogP contribution in [0.1, 0.15) is 11.1 Å². The second-order valence-corrected chi connectivity index (χ2v) is 5.45. The Kier molecular flexibility index (Phi) is 5.94. The molecule has 0 radical (unpaired) electrons. The van der Waals surface area contributed by atoms with Crippen molar-refractivity contribution in [2.45, 2.75) is 0 Å². The molecule has 0 heterocycles. The summed E-state index contributed by atoms with van der Waals surface area (Å²) in [6.07, 6.45) is 1.66. The summed E-state index contributed by atoms with van der Waals surface area (Å²) in [5.41, 5.74) is 1.74. The average molecular weight is 311 g/mol. The number of rotatable bonds is 7. The zero-order valence-corrected chi connectivity index (χ0v) is 13.4. The molecule has 120 valence electrons. The van der Waals surface area contributed by atoms with Gasteiger partial charge in [0.1, 0.15) is 12.4 Å². The Hall–Kier alpha value is -2.59. The van der Waals surface area contributed by atoms with Crippen LogP contribution in [0.15, 0.2) is 54.6 Å². The number of nitrogens with zero attached hydrogens (tertiary/aromatic N) is 1. The van der Waals surface area contributed by atoms with Crippen molar-refractivity contribution in [1.82, 2.24) is 4.90 Å². The molecule has 2 rings (SSSR count). The first-order chi connectivity index (χ1) is 11.1. The summed E-state index contributed by atoms with van der Waals surface area (Å²) in [5.74, 6) is -0.214. The van der Waals surface area contributed by atoms with Gasteiger partial charge < -0.3 is 14.7 Å². The number of benzene rings is 2. The number of carboxylic acids is 1. The molecule has 0 saturated carbocycles. The fourth-order valence-corrected chi connectivity index (χ4v) is 2.09. The van der Waals surface area contributed by atoms with Crippen molar-refractivity contribution in [1.29, 1.82) is 0 Å². The van der Waals surface area contributed by atoms with Crippen molar-refractivity contribution in [2.24, 2.45) is 0 Å². The molecule has 2 aromatic rings. The molecular weight excluding hydrogens is 290 g/mol. The highest BCUT2D eigenvalue weighted by atomic mass is 16.5. The number of carboxylic acid groups (broad SMARTS) is 1. The van der Waals surface area contributed by atoms with Crippen molar-refractivity contribution in [3.05, 3.63) is 65.7 Å². The summed E-state index contributed by atoms with van der Waals surface area (Å²) in [6, 6.07) is 16.5. The van der Waals surface area contributed by atoms with Crippen LogP contribution < -0.4 is 4.74 Å². The summed E-state index contributed by atoms with van der Waals surface area (Å²) < 4.78 is 5.69. The molecule has 4 nitrogen and oxygen atoms in total. The van der Waals surface area contributed by atoms with Gasteiger partial charge in [0.15, 0.2) is 0 Å². The molecule has 0 aliphatic carbocycles. The Morgan fingerprint density at radius 2 is 1.87 bits per heavy atom. The van der Waals surface area contributed by atoms with Crippen LogP contribution in [0, 0.1) is 0 Å². The van der Waals surface area contributed by atoms with E-state index in [1.165, 1.54) is 0 Å². The van der Waals surface area contributed by atoms with Gasteiger partial charge in [-0.3, -0.25) is 0 Å². The van der Waals surface area contributed by atoms with Crippen molar-refractivity contribution in [3.63, 3.8) is 0 Å². The minimum absolute atomic E-state index is 0.260. The Morgan fingerprint density at radius 3 is 2.52 bits per heavy atom. The molecule has 23 heavy (non-hydrogen) atoms. The Morgan fingerprint density at radius 1 is 1.13 bits per heavy atom. The molecule has 0 aliphatic rings. The van der Waals surface area contributed by atoms with E-state index in [0.29, 0.717) is 12.2 Å². The highest BCUT2D eigenvalue weighted by Crippen LogP contribution is 2.21. The molecule has 0 atom stereocenters. The van der Waals surface area contributed by atoms with E-state index in [2.05, 4.69) is 0 Å². The van der Waals surface area contributed by atoms with Gasteiger partial charge in [0.2, 0.25) is 0 Å². The molecule has 4 heteroatoms. The van der Waals surface area contributed by atoms with Gasteiger partial charge in [-0.15, -0.1) is 0 Å². The second-order valence-electron chi connectivity index (χ2n) is 5.45. The topological polar surface area (TPSA) is 49.8 Å². The van der Waals surface area contributed by atoms with Crippen molar-refractivity contribution < 1.29 is 14.6 Å². The SMILES string of the molecule is CN(C)CCOc1cccc(/C=C(\C(=O)O)c2ccccc2)c1.